The van der Waals surface area contributed by atoms with E-state index in [-0.39, 0.29) is 5.75 Å². The fraction of sp³-hybridized carbons (Fsp3) is 0.0909. The summed E-state index contributed by atoms with van der Waals surface area (Å²) in [4.78, 5) is 1.23. The Labute approximate surface area is 111 Å². The molecule has 0 atom stereocenters. The Balaban J connectivity index is 2.02. The van der Waals surface area contributed by atoms with Gasteiger partial charge in [0.05, 0.1) is 8.81 Å². The molecule has 0 aliphatic rings. The van der Waals surface area contributed by atoms with E-state index in [1.165, 1.54) is 4.88 Å². The topological polar surface area (TPSA) is 32.3 Å². The molecule has 84 valence electrons. The van der Waals surface area contributed by atoms with Crippen LogP contribution in [0.5, 0.6) is 5.75 Å². The molecular weight excluding hydrogens is 310 g/mol. The van der Waals surface area contributed by atoms with E-state index in [1.54, 1.807) is 29.5 Å². The van der Waals surface area contributed by atoms with E-state index >= 15 is 0 Å². The van der Waals surface area contributed by atoms with E-state index in [9.17, 15) is 5.11 Å². The van der Waals surface area contributed by atoms with Crippen molar-refractivity contribution >= 4 is 44.6 Å². The predicted molar refractivity (Wildman–Crippen MR) is 72.5 cm³/mol. The molecular formula is C11H9BrClNOS. The second-order valence-corrected chi connectivity index (χ2v) is 6.18. The van der Waals surface area contributed by atoms with Crippen LogP contribution in [0.2, 0.25) is 5.02 Å². The Bertz CT molecular complexity index is 500. The quantitative estimate of drug-likeness (QED) is 0.818. The monoisotopic (exact) mass is 317 g/mol. The molecule has 5 heteroatoms. The summed E-state index contributed by atoms with van der Waals surface area (Å²) in [6.07, 6.45) is 0. The largest absolute Gasteiger partial charge is 0.506 e. The second-order valence-electron chi connectivity index (χ2n) is 3.23. The van der Waals surface area contributed by atoms with Gasteiger partial charge in [-0.1, -0.05) is 11.6 Å². The lowest BCUT2D eigenvalue weighted by Gasteiger charge is -2.05. The molecule has 0 aliphatic carbocycles. The number of thiophene rings is 1. The van der Waals surface area contributed by atoms with Gasteiger partial charge < -0.3 is 10.4 Å². The Morgan fingerprint density at radius 3 is 2.75 bits per heavy atom. The SMILES string of the molecule is Oc1ccc(NCc2ccc(Br)s2)cc1Cl. The van der Waals surface area contributed by atoms with Crippen LogP contribution in [0.25, 0.3) is 0 Å². The first-order valence-corrected chi connectivity index (χ1v) is 6.60. The highest BCUT2D eigenvalue weighted by molar-refractivity contribution is 9.11. The molecule has 2 nitrogen and oxygen atoms in total. The van der Waals surface area contributed by atoms with Gasteiger partial charge in [0.15, 0.2) is 0 Å². The number of halogens is 2. The molecule has 1 heterocycles. The average molecular weight is 319 g/mol. The van der Waals surface area contributed by atoms with E-state index in [0.29, 0.717) is 5.02 Å². The van der Waals surface area contributed by atoms with Gasteiger partial charge >= 0.3 is 0 Å². The van der Waals surface area contributed by atoms with Crippen molar-refractivity contribution in [3.63, 3.8) is 0 Å². The van der Waals surface area contributed by atoms with Gasteiger partial charge in [-0.25, -0.2) is 0 Å². The summed E-state index contributed by atoms with van der Waals surface area (Å²) >= 11 is 10.9. The van der Waals surface area contributed by atoms with Crippen LogP contribution >= 0.6 is 38.9 Å². The molecule has 0 fully saturated rings. The van der Waals surface area contributed by atoms with Gasteiger partial charge in [0.1, 0.15) is 5.75 Å². The van der Waals surface area contributed by atoms with Gasteiger partial charge in [0.2, 0.25) is 0 Å². The van der Waals surface area contributed by atoms with Crippen molar-refractivity contribution in [1.82, 2.24) is 0 Å². The maximum atomic E-state index is 9.27. The van der Waals surface area contributed by atoms with Crippen LogP contribution in [0.1, 0.15) is 4.88 Å². The minimum Gasteiger partial charge on any atom is -0.506 e. The summed E-state index contributed by atoms with van der Waals surface area (Å²) in [5.41, 5.74) is 0.896. The summed E-state index contributed by atoms with van der Waals surface area (Å²) in [6.45, 7) is 0.747. The van der Waals surface area contributed by atoms with Gasteiger partial charge in [-0.2, -0.15) is 0 Å². The first-order chi connectivity index (χ1) is 7.65. The summed E-state index contributed by atoms with van der Waals surface area (Å²) in [6, 6.07) is 9.16. The summed E-state index contributed by atoms with van der Waals surface area (Å²) in [5, 5.41) is 12.9. The van der Waals surface area contributed by atoms with E-state index < -0.39 is 0 Å². The van der Waals surface area contributed by atoms with Crippen molar-refractivity contribution in [3.8, 4) is 5.75 Å². The first kappa shape index (κ1) is 11.8. The average Bonchev–Trinajstić information content (AvgIpc) is 2.66. The summed E-state index contributed by atoms with van der Waals surface area (Å²) in [7, 11) is 0. The molecule has 0 saturated carbocycles. The number of phenolic OH excluding ortho intramolecular Hbond substituents is 1. The molecule has 0 aliphatic heterocycles. The zero-order valence-electron chi connectivity index (χ0n) is 8.21. The molecule has 0 saturated heterocycles. The minimum atomic E-state index is 0.103. The van der Waals surface area contributed by atoms with Crippen molar-refractivity contribution in [1.29, 1.82) is 0 Å². The Morgan fingerprint density at radius 1 is 1.31 bits per heavy atom. The van der Waals surface area contributed by atoms with Gasteiger partial charge in [-0.3, -0.25) is 0 Å². The number of aromatic hydroxyl groups is 1. The summed E-state index contributed by atoms with van der Waals surface area (Å²) in [5.74, 6) is 0.103. The molecule has 0 spiro atoms. The van der Waals surface area contributed by atoms with Crippen LogP contribution in [0, 0.1) is 0 Å². The first-order valence-electron chi connectivity index (χ1n) is 4.62. The standard InChI is InChI=1S/C11H9BrClNOS/c12-11-4-2-8(16-11)6-14-7-1-3-10(15)9(13)5-7/h1-5,14-15H,6H2. The molecule has 1 aromatic heterocycles. The molecule has 1 aromatic carbocycles. The van der Waals surface area contributed by atoms with Crippen molar-refractivity contribution < 1.29 is 5.11 Å². The van der Waals surface area contributed by atoms with Crippen LogP contribution in [0.3, 0.4) is 0 Å². The third-order valence-corrected chi connectivity index (χ3v) is 3.97. The number of nitrogens with one attached hydrogen (secondary N) is 1. The number of hydrogen-bond acceptors (Lipinski definition) is 3. The minimum absolute atomic E-state index is 0.103. The maximum absolute atomic E-state index is 9.27. The second kappa shape index (κ2) is 5.08. The Morgan fingerprint density at radius 2 is 2.12 bits per heavy atom. The van der Waals surface area contributed by atoms with E-state index in [2.05, 4.69) is 27.3 Å². The normalized spacial score (nSPS) is 10.4. The number of phenols is 1. The van der Waals surface area contributed by atoms with Crippen molar-refractivity contribution in [2.75, 3.05) is 5.32 Å². The van der Waals surface area contributed by atoms with Crippen molar-refractivity contribution in [3.05, 3.63) is 44.0 Å². The highest BCUT2D eigenvalue weighted by atomic mass is 79.9. The van der Waals surface area contributed by atoms with Gasteiger partial charge in [-0.05, 0) is 46.3 Å². The highest BCUT2D eigenvalue weighted by Gasteiger charge is 2.01. The molecule has 0 amide bonds. The lowest BCUT2D eigenvalue weighted by Crippen LogP contribution is -1.96. The van der Waals surface area contributed by atoms with E-state index in [1.807, 2.05) is 6.07 Å². The van der Waals surface area contributed by atoms with E-state index in [4.69, 9.17) is 11.6 Å². The van der Waals surface area contributed by atoms with E-state index in [0.717, 1.165) is 16.0 Å². The lowest BCUT2D eigenvalue weighted by atomic mass is 10.3. The summed E-state index contributed by atoms with van der Waals surface area (Å²) < 4.78 is 1.12. The molecule has 0 bridgehead atoms. The van der Waals surface area contributed by atoms with Crippen molar-refractivity contribution in [2.24, 2.45) is 0 Å². The molecule has 16 heavy (non-hydrogen) atoms. The molecule has 2 N–H and O–H groups in total. The van der Waals surface area contributed by atoms with Gasteiger partial charge in [0, 0.05) is 17.1 Å². The number of benzene rings is 1. The van der Waals surface area contributed by atoms with Crippen LogP contribution in [-0.2, 0) is 6.54 Å². The maximum Gasteiger partial charge on any atom is 0.134 e. The fourth-order valence-electron chi connectivity index (χ4n) is 1.25. The van der Waals surface area contributed by atoms with Crippen LogP contribution in [-0.4, -0.2) is 5.11 Å². The Kier molecular flexibility index (Phi) is 3.74. The third-order valence-electron chi connectivity index (χ3n) is 2.04. The highest BCUT2D eigenvalue weighted by Crippen LogP contribution is 2.27. The molecule has 0 radical (unpaired) electrons. The number of anilines is 1. The predicted octanol–water partition coefficient (Wildman–Crippen LogP) is 4.48. The number of hydrogen-bond donors (Lipinski definition) is 2. The lowest BCUT2D eigenvalue weighted by molar-refractivity contribution is 0.475. The third kappa shape index (κ3) is 2.90. The van der Waals surface area contributed by atoms with Gasteiger partial charge in [0.25, 0.3) is 0 Å². The van der Waals surface area contributed by atoms with Crippen LogP contribution in [0.4, 0.5) is 5.69 Å². The fourth-order valence-corrected chi connectivity index (χ4v) is 2.86. The van der Waals surface area contributed by atoms with Crippen LogP contribution in [0.15, 0.2) is 34.1 Å². The Hall–Kier alpha value is -0.710. The molecule has 0 unspecified atom stereocenters. The molecule has 2 aromatic rings. The number of rotatable bonds is 3. The zero-order chi connectivity index (χ0) is 11.5. The molecule has 2 rings (SSSR count). The smallest absolute Gasteiger partial charge is 0.134 e. The zero-order valence-corrected chi connectivity index (χ0v) is 11.4. The van der Waals surface area contributed by atoms with Crippen LogP contribution < -0.4 is 5.32 Å². The van der Waals surface area contributed by atoms with Crippen molar-refractivity contribution in [2.45, 2.75) is 6.54 Å². The van der Waals surface area contributed by atoms with Gasteiger partial charge in [-0.15, -0.1) is 11.3 Å².